The van der Waals surface area contributed by atoms with Gasteiger partial charge in [-0.15, -0.1) is 0 Å². The number of hydrogen-bond donors (Lipinski definition) is 2. The quantitative estimate of drug-likeness (QED) is 0.767. The number of carboxylic acids is 1. The number of nitrogens with one attached hydrogen (secondary N) is 1. The third kappa shape index (κ3) is 4.64. The highest BCUT2D eigenvalue weighted by atomic mass is 19.1. The molecule has 1 aromatic heterocycles. The van der Waals surface area contributed by atoms with Gasteiger partial charge in [-0.2, -0.15) is 5.10 Å². The number of aliphatic carboxylic acids is 1. The Kier molecular flexibility index (Phi) is 5.46. The highest BCUT2D eigenvalue weighted by molar-refractivity contribution is 5.92. The molecule has 23 heavy (non-hydrogen) atoms. The molecule has 0 unspecified atom stereocenters. The lowest BCUT2D eigenvalue weighted by Crippen LogP contribution is -2.25. The number of rotatable bonds is 7. The fourth-order valence-corrected chi connectivity index (χ4v) is 2.15. The van der Waals surface area contributed by atoms with Crippen molar-refractivity contribution in [3.8, 4) is 5.69 Å². The SMILES string of the molecule is Cc1cc(F)ccc1-n1ccc(C(=O)NCCCCC(=O)O)n1. The maximum atomic E-state index is 13.1. The zero-order valence-corrected chi connectivity index (χ0v) is 12.8. The maximum absolute atomic E-state index is 13.1. The molecule has 1 aromatic carbocycles. The summed E-state index contributed by atoms with van der Waals surface area (Å²) in [5, 5.41) is 15.4. The van der Waals surface area contributed by atoms with Crippen molar-refractivity contribution in [3.63, 3.8) is 0 Å². The van der Waals surface area contributed by atoms with Crippen LogP contribution in [0.4, 0.5) is 4.39 Å². The van der Waals surface area contributed by atoms with E-state index in [9.17, 15) is 14.0 Å². The lowest BCUT2D eigenvalue weighted by atomic mass is 10.2. The van der Waals surface area contributed by atoms with Gasteiger partial charge in [0.25, 0.3) is 5.91 Å². The van der Waals surface area contributed by atoms with Gasteiger partial charge in [0.2, 0.25) is 0 Å². The first-order valence-electron chi connectivity index (χ1n) is 7.29. The fourth-order valence-electron chi connectivity index (χ4n) is 2.15. The molecule has 0 aliphatic rings. The summed E-state index contributed by atoms with van der Waals surface area (Å²) in [4.78, 5) is 22.3. The summed E-state index contributed by atoms with van der Waals surface area (Å²) in [6.45, 7) is 2.16. The highest BCUT2D eigenvalue weighted by Gasteiger charge is 2.11. The molecule has 6 nitrogen and oxygen atoms in total. The van der Waals surface area contributed by atoms with Gasteiger partial charge in [0.15, 0.2) is 5.69 Å². The van der Waals surface area contributed by atoms with E-state index in [1.165, 1.54) is 16.8 Å². The van der Waals surface area contributed by atoms with Crippen LogP contribution in [0.15, 0.2) is 30.5 Å². The van der Waals surface area contributed by atoms with Gasteiger partial charge < -0.3 is 10.4 Å². The van der Waals surface area contributed by atoms with Crippen molar-refractivity contribution in [2.75, 3.05) is 6.54 Å². The molecule has 0 aliphatic carbocycles. The van der Waals surface area contributed by atoms with Crippen LogP contribution >= 0.6 is 0 Å². The predicted octanol–water partition coefficient (Wildman–Crippen LogP) is 2.30. The lowest BCUT2D eigenvalue weighted by molar-refractivity contribution is -0.137. The molecule has 0 bridgehead atoms. The largest absolute Gasteiger partial charge is 0.481 e. The number of amides is 1. The van der Waals surface area contributed by atoms with Gasteiger partial charge in [-0.3, -0.25) is 9.59 Å². The second kappa shape index (κ2) is 7.53. The molecule has 2 N–H and O–H groups in total. The third-order valence-electron chi connectivity index (χ3n) is 3.33. The van der Waals surface area contributed by atoms with Gasteiger partial charge in [0.1, 0.15) is 5.82 Å². The summed E-state index contributed by atoms with van der Waals surface area (Å²) >= 11 is 0. The molecule has 2 rings (SSSR count). The van der Waals surface area contributed by atoms with Crippen LogP contribution in [0.25, 0.3) is 5.69 Å². The second-order valence-electron chi connectivity index (χ2n) is 5.18. The Balaban J connectivity index is 1.93. The van der Waals surface area contributed by atoms with Crippen LogP contribution in [0.1, 0.15) is 35.3 Å². The van der Waals surface area contributed by atoms with E-state index in [1.54, 1.807) is 25.3 Å². The molecule has 0 saturated heterocycles. The number of hydrogen-bond acceptors (Lipinski definition) is 3. The van der Waals surface area contributed by atoms with Gasteiger partial charge in [-0.1, -0.05) is 0 Å². The van der Waals surface area contributed by atoms with Crippen molar-refractivity contribution in [2.45, 2.75) is 26.2 Å². The number of aryl methyl sites for hydroxylation is 1. The number of carbonyl (C=O) groups is 2. The Morgan fingerprint density at radius 3 is 2.78 bits per heavy atom. The van der Waals surface area contributed by atoms with Crippen molar-refractivity contribution >= 4 is 11.9 Å². The first-order chi connectivity index (χ1) is 11.0. The number of nitrogens with zero attached hydrogens (tertiary/aromatic N) is 2. The van der Waals surface area contributed by atoms with Crippen LogP contribution in [0.5, 0.6) is 0 Å². The van der Waals surface area contributed by atoms with Gasteiger partial charge in [0, 0.05) is 19.2 Å². The number of carbonyl (C=O) groups excluding carboxylic acids is 1. The topological polar surface area (TPSA) is 84.2 Å². The molecule has 122 valence electrons. The van der Waals surface area contributed by atoms with E-state index in [1.807, 2.05) is 0 Å². The number of aromatic nitrogens is 2. The standard InChI is InChI=1S/C16H18FN3O3/c1-11-10-12(17)5-6-14(11)20-9-7-13(19-20)16(23)18-8-3-2-4-15(21)22/h5-7,9-10H,2-4,8H2,1H3,(H,18,23)(H,21,22). The number of halogens is 1. The zero-order valence-electron chi connectivity index (χ0n) is 12.8. The van der Waals surface area contributed by atoms with Crippen molar-refractivity contribution in [1.29, 1.82) is 0 Å². The van der Waals surface area contributed by atoms with Crippen LogP contribution in [0.3, 0.4) is 0 Å². The van der Waals surface area contributed by atoms with Gasteiger partial charge in [-0.25, -0.2) is 9.07 Å². The van der Waals surface area contributed by atoms with Crippen LogP contribution in [-0.2, 0) is 4.79 Å². The van der Waals surface area contributed by atoms with E-state index in [4.69, 9.17) is 5.11 Å². The minimum atomic E-state index is -0.843. The van der Waals surface area contributed by atoms with E-state index in [-0.39, 0.29) is 23.8 Å². The Hall–Kier alpha value is -2.70. The van der Waals surface area contributed by atoms with Crippen LogP contribution in [0, 0.1) is 12.7 Å². The van der Waals surface area contributed by atoms with Gasteiger partial charge in [0.05, 0.1) is 5.69 Å². The third-order valence-corrected chi connectivity index (χ3v) is 3.33. The van der Waals surface area contributed by atoms with Crippen LogP contribution < -0.4 is 5.32 Å². The average molecular weight is 319 g/mol. The summed E-state index contributed by atoms with van der Waals surface area (Å²) in [6.07, 6.45) is 2.84. The van der Waals surface area contributed by atoms with Crippen molar-refractivity contribution in [1.82, 2.24) is 15.1 Å². The molecule has 2 aromatic rings. The molecular formula is C16H18FN3O3. The summed E-state index contributed by atoms with van der Waals surface area (Å²) in [5.41, 5.74) is 1.67. The van der Waals surface area contributed by atoms with Crippen molar-refractivity contribution < 1.29 is 19.1 Å². The molecule has 1 amide bonds. The van der Waals surface area contributed by atoms with Gasteiger partial charge >= 0.3 is 5.97 Å². The molecule has 0 saturated carbocycles. The average Bonchev–Trinajstić information content (AvgIpc) is 2.96. The Morgan fingerprint density at radius 2 is 2.09 bits per heavy atom. The van der Waals surface area contributed by atoms with Crippen molar-refractivity contribution in [3.05, 3.63) is 47.5 Å². The summed E-state index contributed by atoms with van der Waals surface area (Å²) in [6, 6.07) is 5.92. The van der Waals surface area contributed by atoms with Crippen molar-refractivity contribution in [2.24, 2.45) is 0 Å². The maximum Gasteiger partial charge on any atom is 0.303 e. The molecular weight excluding hydrogens is 301 g/mol. The molecule has 0 radical (unpaired) electrons. The Labute approximate surface area is 132 Å². The Morgan fingerprint density at radius 1 is 1.30 bits per heavy atom. The monoisotopic (exact) mass is 319 g/mol. The fraction of sp³-hybridized carbons (Fsp3) is 0.312. The number of unbranched alkanes of at least 4 members (excludes halogenated alkanes) is 1. The van der Waals surface area contributed by atoms with Crippen LogP contribution in [-0.4, -0.2) is 33.3 Å². The molecule has 7 heteroatoms. The Bertz CT molecular complexity index is 712. The first-order valence-corrected chi connectivity index (χ1v) is 7.29. The number of benzene rings is 1. The second-order valence-corrected chi connectivity index (χ2v) is 5.18. The minimum absolute atomic E-state index is 0.0916. The van der Waals surface area contributed by atoms with E-state index in [0.29, 0.717) is 30.6 Å². The van der Waals surface area contributed by atoms with E-state index in [2.05, 4.69) is 10.4 Å². The zero-order chi connectivity index (χ0) is 16.8. The van der Waals surface area contributed by atoms with E-state index >= 15 is 0 Å². The van der Waals surface area contributed by atoms with Crippen LogP contribution in [0.2, 0.25) is 0 Å². The van der Waals surface area contributed by atoms with E-state index < -0.39 is 5.97 Å². The smallest absolute Gasteiger partial charge is 0.303 e. The molecule has 0 aliphatic heterocycles. The normalized spacial score (nSPS) is 10.5. The lowest BCUT2D eigenvalue weighted by Gasteiger charge is -2.06. The number of carboxylic acid groups (broad SMARTS) is 1. The molecule has 0 spiro atoms. The summed E-state index contributed by atoms with van der Waals surface area (Å²) in [7, 11) is 0. The molecule has 1 heterocycles. The minimum Gasteiger partial charge on any atom is -0.481 e. The summed E-state index contributed by atoms with van der Waals surface area (Å²) in [5.74, 6) is -1.48. The summed E-state index contributed by atoms with van der Waals surface area (Å²) < 4.78 is 14.6. The van der Waals surface area contributed by atoms with E-state index in [0.717, 1.165) is 0 Å². The predicted molar refractivity (Wildman–Crippen MR) is 82.1 cm³/mol. The van der Waals surface area contributed by atoms with Gasteiger partial charge in [-0.05, 0) is 49.6 Å². The molecule has 0 fully saturated rings. The molecule has 0 atom stereocenters. The highest BCUT2D eigenvalue weighted by Crippen LogP contribution is 2.14. The first kappa shape index (κ1) is 16.7.